The SMILES string of the molecule is Cc1ccc(S(=O)(=O)OCC2CCN(C(=O)OC(C)(C)C)CC2O)cc1. The number of carbonyl (C=O) groups is 1. The highest BCUT2D eigenvalue weighted by molar-refractivity contribution is 7.86. The summed E-state index contributed by atoms with van der Waals surface area (Å²) in [6.45, 7) is 7.54. The van der Waals surface area contributed by atoms with Crippen molar-refractivity contribution in [3.05, 3.63) is 29.8 Å². The normalized spacial score (nSPS) is 21.5. The molecule has 2 rings (SSSR count). The molecule has 2 atom stereocenters. The van der Waals surface area contributed by atoms with Gasteiger partial charge in [-0.15, -0.1) is 0 Å². The van der Waals surface area contributed by atoms with Gasteiger partial charge in [0.25, 0.3) is 10.1 Å². The van der Waals surface area contributed by atoms with Gasteiger partial charge in [0.1, 0.15) is 5.60 Å². The first-order valence-electron chi connectivity index (χ1n) is 8.60. The van der Waals surface area contributed by atoms with Crippen molar-refractivity contribution in [1.82, 2.24) is 4.90 Å². The number of likely N-dealkylation sites (tertiary alicyclic amines) is 1. The summed E-state index contributed by atoms with van der Waals surface area (Å²) in [5, 5.41) is 10.3. The van der Waals surface area contributed by atoms with Gasteiger partial charge in [0.2, 0.25) is 0 Å². The molecule has 1 heterocycles. The number of hydrogen-bond donors (Lipinski definition) is 1. The zero-order valence-electron chi connectivity index (χ0n) is 15.6. The van der Waals surface area contributed by atoms with Crippen LogP contribution in [0.15, 0.2) is 29.2 Å². The van der Waals surface area contributed by atoms with Crippen molar-refractivity contribution in [2.75, 3.05) is 19.7 Å². The molecule has 0 saturated carbocycles. The van der Waals surface area contributed by atoms with Crippen molar-refractivity contribution in [2.24, 2.45) is 5.92 Å². The maximum atomic E-state index is 12.2. The Morgan fingerprint density at radius 1 is 1.27 bits per heavy atom. The van der Waals surface area contributed by atoms with E-state index in [4.69, 9.17) is 8.92 Å². The van der Waals surface area contributed by atoms with Crippen LogP contribution >= 0.6 is 0 Å². The van der Waals surface area contributed by atoms with E-state index >= 15 is 0 Å². The molecule has 1 fully saturated rings. The summed E-state index contributed by atoms with van der Waals surface area (Å²) in [5.41, 5.74) is 0.346. The van der Waals surface area contributed by atoms with Gasteiger partial charge < -0.3 is 14.7 Å². The number of amides is 1. The zero-order chi connectivity index (χ0) is 19.5. The first-order chi connectivity index (χ1) is 12.0. The van der Waals surface area contributed by atoms with E-state index in [1.165, 1.54) is 17.0 Å². The molecule has 0 spiro atoms. The van der Waals surface area contributed by atoms with E-state index in [9.17, 15) is 18.3 Å². The van der Waals surface area contributed by atoms with E-state index in [-0.39, 0.29) is 24.0 Å². The van der Waals surface area contributed by atoms with Crippen molar-refractivity contribution in [1.29, 1.82) is 0 Å². The van der Waals surface area contributed by atoms with Crippen LogP contribution < -0.4 is 0 Å². The molecule has 1 saturated heterocycles. The molecule has 1 aliphatic heterocycles. The highest BCUT2D eigenvalue weighted by Gasteiger charge is 2.33. The Morgan fingerprint density at radius 3 is 2.42 bits per heavy atom. The fourth-order valence-electron chi connectivity index (χ4n) is 2.62. The third-order valence-electron chi connectivity index (χ3n) is 4.12. The van der Waals surface area contributed by atoms with Crippen LogP contribution in [-0.2, 0) is 19.0 Å². The number of carbonyl (C=O) groups excluding carboxylic acids is 1. The Balaban J connectivity index is 1.90. The molecular weight excluding hydrogens is 358 g/mol. The topological polar surface area (TPSA) is 93.1 Å². The number of aliphatic hydroxyl groups excluding tert-OH is 1. The zero-order valence-corrected chi connectivity index (χ0v) is 16.5. The number of nitrogens with zero attached hydrogens (tertiary/aromatic N) is 1. The van der Waals surface area contributed by atoms with Gasteiger partial charge in [-0.1, -0.05) is 17.7 Å². The van der Waals surface area contributed by atoms with E-state index < -0.39 is 27.9 Å². The highest BCUT2D eigenvalue weighted by atomic mass is 32.2. The molecule has 0 bridgehead atoms. The Hall–Kier alpha value is -1.64. The lowest BCUT2D eigenvalue weighted by molar-refractivity contribution is -0.0206. The molecule has 146 valence electrons. The third kappa shape index (κ3) is 5.69. The van der Waals surface area contributed by atoms with Crippen LogP contribution in [0, 0.1) is 12.8 Å². The minimum Gasteiger partial charge on any atom is -0.444 e. The fraction of sp³-hybridized carbons (Fsp3) is 0.611. The van der Waals surface area contributed by atoms with Crippen LogP contribution in [-0.4, -0.2) is 55.9 Å². The maximum absolute atomic E-state index is 12.2. The molecule has 1 amide bonds. The summed E-state index contributed by atoms with van der Waals surface area (Å²) in [6, 6.07) is 6.38. The first-order valence-corrected chi connectivity index (χ1v) is 10.0. The van der Waals surface area contributed by atoms with Gasteiger partial charge in [-0.3, -0.25) is 4.18 Å². The molecule has 0 aromatic heterocycles. The van der Waals surface area contributed by atoms with Crippen LogP contribution in [0.3, 0.4) is 0 Å². The number of rotatable bonds is 4. The van der Waals surface area contributed by atoms with Crippen molar-refractivity contribution >= 4 is 16.2 Å². The summed E-state index contributed by atoms with van der Waals surface area (Å²) in [6.07, 6.45) is -0.920. The summed E-state index contributed by atoms with van der Waals surface area (Å²) >= 11 is 0. The predicted octanol–water partition coefficient (Wildman–Crippen LogP) is 2.32. The van der Waals surface area contributed by atoms with Gasteiger partial charge in [-0.2, -0.15) is 8.42 Å². The van der Waals surface area contributed by atoms with Gasteiger partial charge in [-0.05, 0) is 46.2 Å². The Kier molecular flexibility index (Phi) is 6.31. The number of ether oxygens (including phenoxy) is 1. The van der Waals surface area contributed by atoms with Gasteiger partial charge in [0.05, 0.1) is 24.2 Å². The minimum atomic E-state index is -3.87. The second-order valence-corrected chi connectivity index (χ2v) is 9.21. The van der Waals surface area contributed by atoms with Crippen LogP contribution in [0.5, 0.6) is 0 Å². The van der Waals surface area contributed by atoms with E-state index in [1.807, 2.05) is 6.92 Å². The molecular formula is C18H27NO6S. The van der Waals surface area contributed by atoms with Crippen molar-refractivity contribution in [2.45, 2.75) is 50.7 Å². The molecule has 7 nitrogen and oxygen atoms in total. The lowest BCUT2D eigenvalue weighted by Gasteiger charge is -2.36. The molecule has 1 aliphatic rings. The standard InChI is InChI=1S/C18H27NO6S/c1-13-5-7-15(8-6-13)26(22,23)24-12-14-9-10-19(11-16(14)20)17(21)25-18(2,3)4/h5-8,14,16,20H,9-12H2,1-4H3. The number of aryl methyl sites for hydroxylation is 1. The molecule has 1 aromatic rings. The highest BCUT2D eigenvalue weighted by Crippen LogP contribution is 2.22. The average molecular weight is 385 g/mol. The van der Waals surface area contributed by atoms with E-state index in [0.717, 1.165) is 5.56 Å². The smallest absolute Gasteiger partial charge is 0.410 e. The summed E-state index contributed by atoms with van der Waals surface area (Å²) in [5.74, 6) is -0.367. The molecule has 1 N–H and O–H groups in total. The number of aliphatic hydroxyl groups is 1. The monoisotopic (exact) mass is 385 g/mol. The average Bonchev–Trinajstić information content (AvgIpc) is 2.52. The van der Waals surface area contributed by atoms with E-state index in [0.29, 0.717) is 13.0 Å². The van der Waals surface area contributed by atoms with Gasteiger partial charge in [-0.25, -0.2) is 4.79 Å². The second-order valence-electron chi connectivity index (χ2n) is 7.59. The van der Waals surface area contributed by atoms with Gasteiger partial charge >= 0.3 is 6.09 Å². The Morgan fingerprint density at radius 2 is 1.88 bits per heavy atom. The van der Waals surface area contributed by atoms with Crippen LogP contribution in [0.2, 0.25) is 0 Å². The third-order valence-corrected chi connectivity index (χ3v) is 5.42. The van der Waals surface area contributed by atoms with Crippen molar-refractivity contribution < 1.29 is 27.2 Å². The van der Waals surface area contributed by atoms with Crippen molar-refractivity contribution in [3.63, 3.8) is 0 Å². The van der Waals surface area contributed by atoms with Crippen LogP contribution in [0.1, 0.15) is 32.8 Å². The molecule has 0 aliphatic carbocycles. The Bertz CT molecular complexity index is 723. The molecule has 2 unspecified atom stereocenters. The lowest BCUT2D eigenvalue weighted by Crippen LogP contribution is -2.49. The summed E-state index contributed by atoms with van der Waals surface area (Å²) < 4.78 is 34.9. The fourth-order valence-corrected chi connectivity index (χ4v) is 3.58. The predicted molar refractivity (Wildman–Crippen MR) is 96.2 cm³/mol. The molecule has 26 heavy (non-hydrogen) atoms. The summed E-state index contributed by atoms with van der Waals surface area (Å²) in [7, 11) is -3.87. The van der Waals surface area contributed by atoms with Crippen molar-refractivity contribution in [3.8, 4) is 0 Å². The van der Waals surface area contributed by atoms with E-state index in [2.05, 4.69) is 0 Å². The van der Waals surface area contributed by atoms with E-state index in [1.54, 1.807) is 32.9 Å². The molecule has 8 heteroatoms. The van der Waals surface area contributed by atoms with Crippen LogP contribution in [0.25, 0.3) is 0 Å². The largest absolute Gasteiger partial charge is 0.444 e. The Labute approximate surface area is 155 Å². The first kappa shape index (κ1) is 20.7. The minimum absolute atomic E-state index is 0.0868. The summed E-state index contributed by atoms with van der Waals surface area (Å²) in [4.78, 5) is 13.6. The second kappa shape index (κ2) is 7.94. The maximum Gasteiger partial charge on any atom is 0.410 e. The number of piperidine rings is 1. The van der Waals surface area contributed by atoms with Gasteiger partial charge in [0.15, 0.2) is 0 Å². The number of β-amino-alcohol motifs (C(OH)–C–C–N with tert-alkyl or cyclic N) is 1. The quantitative estimate of drug-likeness (QED) is 0.800. The molecule has 0 radical (unpaired) electrons. The molecule has 1 aromatic carbocycles. The van der Waals surface area contributed by atoms with Gasteiger partial charge in [0, 0.05) is 12.5 Å². The van der Waals surface area contributed by atoms with Crippen LogP contribution in [0.4, 0.5) is 4.79 Å². The lowest BCUT2D eigenvalue weighted by atomic mass is 9.95. The number of hydrogen-bond acceptors (Lipinski definition) is 6. The number of benzene rings is 1.